The first-order valence-electron chi connectivity index (χ1n) is 5.09. The van der Waals surface area contributed by atoms with Crippen LogP contribution in [0.15, 0.2) is 42.6 Å². The summed E-state index contributed by atoms with van der Waals surface area (Å²) in [4.78, 5) is 4.14. The van der Waals surface area contributed by atoms with Gasteiger partial charge in [-0.1, -0.05) is 18.2 Å². The lowest BCUT2D eigenvalue weighted by atomic mass is 10.2. The Kier molecular flexibility index (Phi) is 3.17. The highest BCUT2D eigenvalue weighted by molar-refractivity contribution is 5.33. The molecule has 0 spiro atoms. The lowest BCUT2D eigenvalue weighted by molar-refractivity contribution is 0.281. The van der Waals surface area contributed by atoms with Gasteiger partial charge in [0.1, 0.15) is 5.75 Å². The van der Waals surface area contributed by atoms with Gasteiger partial charge in [-0.15, -0.1) is 0 Å². The summed E-state index contributed by atoms with van der Waals surface area (Å²) in [6.07, 6.45) is 1.70. The van der Waals surface area contributed by atoms with Gasteiger partial charge in [0.05, 0.1) is 6.61 Å². The molecule has 1 N–H and O–H groups in total. The molecule has 0 bridgehead atoms. The third kappa shape index (κ3) is 2.38. The van der Waals surface area contributed by atoms with Crippen molar-refractivity contribution in [2.75, 3.05) is 0 Å². The molecule has 0 aliphatic rings. The number of nitrogens with zero attached hydrogens (tertiary/aromatic N) is 1. The van der Waals surface area contributed by atoms with Crippen molar-refractivity contribution in [2.24, 2.45) is 0 Å². The van der Waals surface area contributed by atoms with Crippen LogP contribution in [0.4, 0.5) is 0 Å². The van der Waals surface area contributed by atoms with E-state index in [1.54, 1.807) is 6.20 Å². The molecule has 0 saturated heterocycles. The molecule has 1 aromatic heterocycles. The third-order valence-electron chi connectivity index (χ3n) is 2.28. The molecule has 3 nitrogen and oxygen atoms in total. The van der Waals surface area contributed by atoms with E-state index < -0.39 is 0 Å². The molecule has 0 saturated carbocycles. The molecular formula is C13H13NO2. The van der Waals surface area contributed by atoms with Crippen molar-refractivity contribution in [1.29, 1.82) is 0 Å². The Morgan fingerprint density at radius 1 is 1.19 bits per heavy atom. The molecule has 0 fully saturated rings. The van der Waals surface area contributed by atoms with E-state index in [9.17, 15) is 0 Å². The molecule has 82 valence electrons. The normalized spacial score (nSPS) is 10.1. The number of benzene rings is 1. The summed E-state index contributed by atoms with van der Waals surface area (Å²) in [5.74, 6) is 1.33. The van der Waals surface area contributed by atoms with E-state index in [1.807, 2.05) is 43.3 Å². The fourth-order valence-corrected chi connectivity index (χ4v) is 1.35. The highest BCUT2D eigenvalue weighted by atomic mass is 16.5. The maximum absolute atomic E-state index is 8.91. The lowest BCUT2D eigenvalue weighted by Gasteiger charge is -2.07. The molecule has 0 unspecified atom stereocenters. The first-order chi connectivity index (χ1) is 7.79. The number of hydrogen-bond acceptors (Lipinski definition) is 3. The molecule has 3 heteroatoms. The summed E-state index contributed by atoms with van der Waals surface area (Å²) in [6, 6.07) is 11.1. The Bertz CT molecular complexity index is 466. The van der Waals surface area contributed by atoms with Gasteiger partial charge in [0, 0.05) is 11.8 Å². The molecule has 0 aliphatic carbocycles. The minimum atomic E-state index is 0.0445. The second kappa shape index (κ2) is 4.77. The largest absolute Gasteiger partial charge is 0.439 e. The average Bonchev–Trinajstić information content (AvgIpc) is 2.33. The molecular weight excluding hydrogens is 202 g/mol. The fourth-order valence-electron chi connectivity index (χ4n) is 1.35. The quantitative estimate of drug-likeness (QED) is 0.855. The van der Waals surface area contributed by atoms with Crippen LogP contribution in [-0.4, -0.2) is 10.1 Å². The smallest absolute Gasteiger partial charge is 0.222 e. The molecule has 2 aromatic rings. The summed E-state index contributed by atoms with van der Waals surface area (Å²) in [6.45, 7) is 1.99. The number of aliphatic hydroxyl groups excluding tert-OH is 1. The topological polar surface area (TPSA) is 42.4 Å². The van der Waals surface area contributed by atoms with Crippen LogP contribution in [0.25, 0.3) is 0 Å². The third-order valence-corrected chi connectivity index (χ3v) is 2.28. The van der Waals surface area contributed by atoms with Crippen molar-refractivity contribution in [3.8, 4) is 11.6 Å². The number of aryl methyl sites for hydroxylation is 1. The van der Waals surface area contributed by atoms with Gasteiger partial charge in [-0.25, -0.2) is 4.98 Å². The zero-order valence-electron chi connectivity index (χ0n) is 9.05. The second-order valence-electron chi connectivity index (χ2n) is 3.53. The van der Waals surface area contributed by atoms with Gasteiger partial charge in [0.25, 0.3) is 0 Å². The van der Waals surface area contributed by atoms with Gasteiger partial charge in [0.2, 0.25) is 5.88 Å². The van der Waals surface area contributed by atoms with Crippen LogP contribution in [0.2, 0.25) is 0 Å². The minimum absolute atomic E-state index is 0.0445. The lowest BCUT2D eigenvalue weighted by Crippen LogP contribution is -1.90. The van der Waals surface area contributed by atoms with Crippen LogP contribution >= 0.6 is 0 Å². The Balaban J connectivity index is 2.18. The van der Waals surface area contributed by atoms with Gasteiger partial charge in [-0.05, 0) is 30.7 Å². The number of rotatable bonds is 3. The van der Waals surface area contributed by atoms with Crippen molar-refractivity contribution in [1.82, 2.24) is 4.98 Å². The molecule has 1 aromatic carbocycles. The zero-order chi connectivity index (χ0) is 11.4. The Morgan fingerprint density at radius 2 is 1.94 bits per heavy atom. The predicted molar refractivity (Wildman–Crippen MR) is 61.4 cm³/mol. The molecule has 1 heterocycles. The molecule has 0 radical (unpaired) electrons. The Hall–Kier alpha value is -1.87. The molecule has 0 amide bonds. The molecule has 0 aliphatic heterocycles. The Labute approximate surface area is 94.3 Å². The van der Waals surface area contributed by atoms with E-state index >= 15 is 0 Å². The van der Waals surface area contributed by atoms with E-state index in [0.717, 1.165) is 16.9 Å². The van der Waals surface area contributed by atoms with E-state index in [0.29, 0.717) is 5.88 Å². The standard InChI is InChI=1S/C13H13NO2/c1-10-3-2-8-14-13(10)16-12-6-4-11(9-15)5-7-12/h2-8,15H,9H2,1H3. The van der Waals surface area contributed by atoms with E-state index in [1.165, 1.54) is 0 Å². The molecule has 0 atom stereocenters. The highest BCUT2D eigenvalue weighted by Crippen LogP contribution is 2.22. The number of pyridine rings is 1. The summed E-state index contributed by atoms with van der Waals surface area (Å²) >= 11 is 0. The van der Waals surface area contributed by atoms with Crippen LogP contribution in [0.5, 0.6) is 11.6 Å². The van der Waals surface area contributed by atoms with Crippen molar-refractivity contribution in [3.05, 3.63) is 53.7 Å². The SMILES string of the molecule is Cc1cccnc1Oc1ccc(CO)cc1. The number of ether oxygens (including phenoxy) is 1. The monoisotopic (exact) mass is 215 g/mol. The van der Waals surface area contributed by atoms with Crippen LogP contribution in [-0.2, 0) is 6.61 Å². The second-order valence-corrected chi connectivity index (χ2v) is 3.53. The van der Waals surface area contributed by atoms with Crippen molar-refractivity contribution < 1.29 is 9.84 Å². The van der Waals surface area contributed by atoms with Gasteiger partial charge in [-0.3, -0.25) is 0 Å². The van der Waals surface area contributed by atoms with Crippen LogP contribution in [0, 0.1) is 6.92 Å². The number of aromatic nitrogens is 1. The summed E-state index contributed by atoms with van der Waals surface area (Å²) in [7, 11) is 0. The van der Waals surface area contributed by atoms with E-state index in [2.05, 4.69) is 4.98 Å². The molecule has 2 rings (SSSR count). The van der Waals surface area contributed by atoms with Gasteiger partial charge < -0.3 is 9.84 Å². The Morgan fingerprint density at radius 3 is 2.56 bits per heavy atom. The summed E-state index contributed by atoms with van der Waals surface area (Å²) in [5.41, 5.74) is 1.86. The van der Waals surface area contributed by atoms with Gasteiger partial charge in [-0.2, -0.15) is 0 Å². The minimum Gasteiger partial charge on any atom is -0.439 e. The van der Waals surface area contributed by atoms with E-state index in [-0.39, 0.29) is 6.61 Å². The maximum atomic E-state index is 8.91. The van der Waals surface area contributed by atoms with Gasteiger partial charge >= 0.3 is 0 Å². The van der Waals surface area contributed by atoms with Crippen LogP contribution in [0.1, 0.15) is 11.1 Å². The summed E-state index contributed by atoms with van der Waals surface area (Å²) in [5, 5.41) is 8.91. The number of hydrogen-bond donors (Lipinski definition) is 1. The van der Waals surface area contributed by atoms with E-state index in [4.69, 9.17) is 9.84 Å². The van der Waals surface area contributed by atoms with Crippen molar-refractivity contribution in [2.45, 2.75) is 13.5 Å². The van der Waals surface area contributed by atoms with Crippen molar-refractivity contribution in [3.63, 3.8) is 0 Å². The zero-order valence-corrected chi connectivity index (χ0v) is 9.05. The maximum Gasteiger partial charge on any atom is 0.222 e. The first-order valence-corrected chi connectivity index (χ1v) is 5.09. The predicted octanol–water partition coefficient (Wildman–Crippen LogP) is 2.67. The van der Waals surface area contributed by atoms with Gasteiger partial charge in [0.15, 0.2) is 0 Å². The molecule has 16 heavy (non-hydrogen) atoms. The number of aliphatic hydroxyl groups is 1. The average molecular weight is 215 g/mol. The van der Waals surface area contributed by atoms with Crippen molar-refractivity contribution >= 4 is 0 Å². The van der Waals surface area contributed by atoms with Crippen LogP contribution in [0.3, 0.4) is 0 Å². The van der Waals surface area contributed by atoms with Crippen LogP contribution < -0.4 is 4.74 Å². The fraction of sp³-hybridized carbons (Fsp3) is 0.154. The first kappa shape index (κ1) is 10.6. The highest BCUT2D eigenvalue weighted by Gasteiger charge is 2.01. The summed E-state index contributed by atoms with van der Waals surface area (Å²) < 4.78 is 5.62.